The molecule has 0 radical (unpaired) electrons. The summed E-state index contributed by atoms with van der Waals surface area (Å²) >= 11 is 5.79. The molecule has 1 amide bonds. The lowest BCUT2D eigenvalue weighted by Gasteiger charge is -2.32. The molecule has 2 aliphatic heterocycles. The number of alkyl halides is 1. The molecule has 102 valence electrons. The first-order valence-corrected chi connectivity index (χ1v) is 6.98. The Morgan fingerprint density at radius 2 is 2.21 bits per heavy atom. The van der Waals surface area contributed by atoms with E-state index in [-0.39, 0.29) is 12.0 Å². The van der Waals surface area contributed by atoms with Crippen molar-refractivity contribution < 1.29 is 14.3 Å². The van der Waals surface area contributed by atoms with Gasteiger partial charge in [0.05, 0.1) is 31.8 Å². The predicted molar refractivity (Wildman–Crippen MR) is 71.3 cm³/mol. The van der Waals surface area contributed by atoms with Crippen LogP contribution in [0, 0.1) is 0 Å². The van der Waals surface area contributed by atoms with Crippen molar-refractivity contribution in [3.05, 3.63) is 34.9 Å². The topological polar surface area (TPSA) is 38.8 Å². The van der Waals surface area contributed by atoms with E-state index in [4.69, 9.17) is 21.1 Å². The van der Waals surface area contributed by atoms with Crippen LogP contribution in [0.5, 0.6) is 0 Å². The van der Waals surface area contributed by atoms with E-state index in [1.54, 1.807) is 0 Å². The third-order valence-electron chi connectivity index (χ3n) is 3.57. The largest absolute Gasteiger partial charge is 0.373 e. The normalized spacial score (nSPS) is 22.4. The Morgan fingerprint density at radius 3 is 3.05 bits per heavy atom. The summed E-state index contributed by atoms with van der Waals surface area (Å²) in [6.07, 6.45) is -0.0582. The second-order valence-corrected chi connectivity index (χ2v) is 5.18. The number of benzene rings is 1. The van der Waals surface area contributed by atoms with Gasteiger partial charge in [0.1, 0.15) is 0 Å². The highest BCUT2D eigenvalue weighted by Gasteiger charge is 2.25. The molecule has 0 saturated carbocycles. The van der Waals surface area contributed by atoms with E-state index in [1.165, 1.54) is 5.56 Å². The molecule has 1 aromatic rings. The van der Waals surface area contributed by atoms with E-state index in [0.29, 0.717) is 38.8 Å². The van der Waals surface area contributed by atoms with Gasteiger partial charge in [0, 0.05) is 18.7 Å². The van der Waals surface area contributed by atoms with Gasteiger partial charge in [0.15, 0.2) is 0 Å². The third-order valence-corrected chi connectivity index (χ3v) is 3.91. The summed E-state index contributed by atoms with van der Waals surface area (Å²) in [6.45, 7) is 2.99. The molecule has 1 unspecified atom stereocenters. The summed E-state index contributed by atoms with van der Waals surface area (Å²) in [4.78, 5) is 14.3. The number of amides is 1. The number of hydrogen-bond donors (Lipinski definition) is 0. The van der Waals surface area contributed by atoms with Crippen LogP contribution in [-0.4, -0.2) is 42.5 Å². The zero-order chi connectivity index (χ0) is 13.2. The van der Waals surface area contributed by atoms with Crippen molar-refractivity contribution in [2.24, 2.45) is 0 Å². The third kappa shape index (κ3) is 2.61. The number of carbonyl (C=O) groups is 1. The van der Waals surface area contributed by atoms with Gasteiger partial charge in [0.2, 0.25) is 0 Å². The van der Waals surface area contributed by atoms with Gasteiger partial charge in [-0.3, -0.25) is 4.79 Å². The number of rotatable bonds is 2. The van der Waals surface area contributed by atoms with Gasteiger partial charge in [-0.15, -0.1) is 11.6 Å². The average Bonchev–Trinajstić information content (AvgIpc) is 2.94. The Bertz CT molecular complexity index is 492. The maximum atomic E-state index is 12.4. The Labute approximate surface area is 117 Å². The van der Waals surface area contributed by atoms with Crippen molar-refractivity contribution in [1.82, 2.24) is 4.90 Å². The smallest absolute Gasteiger partial charge is 0.254 e. The number of nitrogens with zero attached hydrogens (tertiary/aromatic N) is 1. The zero-order valence-corrected chi connectivity index (χ0v) is 11.4. The first kappa shape index (κ1) is 12.9. The van der Waals surface area contributed by atoms with Crippen LogP contribution in [0.2, 0.25) is 0 Å². The maximum absolute atomic E-state index is 12.4. The Balaban J connectivity index is 1.76. The fourth-order valence-electron chi connectivity index (χ4n) is 2.48. The van der Waals surface area contributed by atoms with Crippen molar-refractivity contribution in [3.63, 3.8) is 0 Å². The molecule has 5 heteroatoms. The van der Waals surface area contributed by atoms with Gasteiger partial charge < -0.3 is 14.4 Å². The Kier molecular flexibility index (Phi) is 3.73. The van der Waals surface area contributed by atoms with Crippen LogP contribution in [0.25, 0.3) is 0 Å². The molecule has 3 rings (SSSR count). The van der Waals surface area contributed by atoms with E-state index in [1.807, 2.05) is 23.1 Å². The molecular formula is C14H16ClNO3. The summed E-state index contributed by atoms with van der Waals surface area (Å²) in [6, 6.07) is 5.80. The monoisotopic (exact) mass is 281 g/mol. The number of morpholine rings is 1. The number of ether oxygens (including phenoxy) is 2. The number of fused-ring (bicyclic) bond motifs is 1. The van der Waals surface area contributed by atoms with Gasteiger partial charge in [0.25, 0.3) is 5.91 Å². The minimum atomic E-state index is -0.0582. The molecule has 0 N–H and O–H groups in total. The molecule has 0 spiro atoms. The summed E-state index contributed by atoms with van der Waals surface area (Å²) in [5, 5.41) is 0. The maximum Gasteiger partial charge on any atom is 0.254 e. The highest BCUT2D eigenvalue weighted by Crippen LogP contribution is 2.22. The second kappa shape index (κ2) is 5.49. The van der Waals surface area contributed by atoms with Crippen LogP contribution in [0.3, 0.4) is 0 Å². The van der Waals surface area contributed by atoms with Crippen LogP contribution < -0.4 is 0 Å². The van der Waals surface area contributed by atoms with E-state index in [2.05, 4.69) is 0 Å². The van der Waals surface area contributed by atoms with Crippen molar-refractivity contribution >= 4 is 17.5 Å². The summed E-state index contributed by atoms with van der Waals surface area (Å²) < 4.78 is 10.8. The van der Waals surface area contributed by atoms with E-state index >= 15 is 0 Å². The SMILES string of the molecule is O=C(c1ccc2c(c1)COC2)N1CCOC(CCl)C1. The fourth-order valence-corrected chi connectivity index (χ4v) is 2.67. The number of hydrogen-bond acceptors (Lipinski definition) is 3. The van der Waals surface area contributed by atoms with Crippen LogP contribution in [0.1, 0.15) is 21.5 Å². The molecule has 1 aromatic carbocycles. The molecule has 2 heterocycles. The lowest BCUT2D eigenvalue weighted by atomic mass is 10.1. The zero-order valence-electron chi connectivity index (χ0n) is 10.6. The quantitative estimate of drug-likeness (QED) is 0.776. The van der Waals surface area contributed by atoms with Crippen LogP contribution >= 0.6 is 11.6 Å². The predicted octanol–water partition coefficient (Wildman–Crippen LogP) is 1.80. The van der Waals surface area contributed by atoms with Crippen LogP contribution in [0.4, 0.5) is 0 Å². The molecule has 0 bridgehead atoms. The molecule has 2 aliphatic rings. The molecular weight excluding hydrogens is 266 g/mol. The minimum Gasteiger partial charge on any atom is -0.373 e. The Morgan fingerprint density at radius 1 is 1.37 bits per heavy atom. The molecule has 19 heavy (non-hydrogen) atoms. The molecule has 1 atom stereocenters. The van der Waals surface area contributed by atoms with Crippen LogP contribution in [-0.2, 0) is 22.7 Å². The van der Waals surface area contributed by atoms with Gasteiger partial charge in [-0.05, 0) is 23.3 Å². The fraction of sp³-hybridized carbons (Fsp3) is 0.500. The first-order valence-electron chi connectivity index (χ1n) is 6.44. The van der Waals surface area contributed by atoms with Crippen molar-refractivity contribution in [1.29, 1.82) is 0 Å². The van der Waals surface area contributed by atoms with Gasteiger partial charge in [-0.25, -0.2) is 0 Å². The minimum absolute atomic E-state index is 0.0492. The Hall–Kier alpha value is -1.10. The first-order chi connectivity index (χ1) is 9.28. The van der Waals surface area contributed by atoms with Crippen LogP contribution in [0.15, 0.2) is 18.2 Å². The van der Waals surface area contributed by atoms with Crippen molar-refractivity contribution in [3.8, 4) is 0 Å². The summed E-state index contributed by atoms with van der Waals surface area (Å²) in [5.41, 5.74) is 3.02. The second-order valence-electron chi connectivity index (χ2n) is 4.87. The molecule has 4 nitrogen and oxygen atoms in total. The lowest BCUT2D eigenvalue weighted by Crippen LogP contribution is -2.46. The van der Waals surface area contributed by atoms with E-state index < -0.39 is 0 Å². The van der Waals surface area contributed by atoms with Gasteiger partial charge in [-0.2, -0.15) is 0 Å². The standard InChI is InChI=1S/C14H16ClNO3/c15-6-13-7-16(3-4-19-13)14(17)10-1-2-11-8-18-9-12(11)5-10/h1-2,5,13H,3-4,6-9H2. The summed E-state index contributed by atoms with van der Waals surface area (Å²) in [5.74, 6) is 0.468. The van der Waals surface area contributed by atoms with Gasteiger partial charge in [-0.1, -0.05) is 6.07 Å². The average molecular weight is 282 g/mol. The lowest BCUT2D eigenvalue weighted by molar-refractivity contribution is -0.0108. The molecule has 1 fully saturated rings. The van der Waals surface area contributed by atoms with Gasteiger partial charge >= 0.3 is 0 Å². The van der Waals surface area contributed by atoms with Crippen molar-refractivity contribution in [2.75, 3.05) is 25.6 Å². The molecule has 0 aliphatic carbocycles. The highest BCUT2D eigenvalue weighted by atomic mass is 35.5. The summed E-state index contributed by atoms with van der Waals surface area (Å²) in [7, 11) is 0. The number of halogens is 1. The number of carbonyl (C=O) groups excluding carboxylic acids is 1. The highest BCUT2D eigenvalue weighted by molar-refractivity contribution is 6.18. The molecule has 1 saturated heterocycles. The van der Waals surface area contributed by atoms with E-state index in [0.717, 1.165) is 11.1 Å². The van der Waals surface area contributed by atoms with E-state index in [9.17, 15) is 4.79 Å². The molecule has 0 aromatic heterocycles. The van der Waals surface area contributed by atoms with Crippen molar-refractivity contribution in [2.45, 2.75) is 19.3 Å².